The number of morpholine rings is 1. The summed E-state index contributed by atoms with van der Waals surface area (Å²) >= 11 is 0. The van der Waals surface area contributed by atoms with E-state index >= 15 is 0 Å². The van der Waals surface area contributed by atoms with Crippen molar-refractivity contribution < 1.29 is 9.53 Å². The van der Waals surface area contributed by atoms with E-state index in [0.29, 0.717) is 6.54 Å². The molecule has 0 aromatic carbocycles. The molecule has 0 spiro atoms. The average Bonchev–Trinajstić information content (AvgIpc) is 2.83. The van der Waals surface area contributed by atoms with Crippen molar-refractivity contribution in [1.29, 1.82) is 0 Å². The third kappa shape index (κ3) is 5.57. The Kier molecular flexibility index (Phi) is 9.12. The van der Waals surface area contributed by atoms with E-state index in [1.165, 1.54) is 0 Å². The average molecular weight is 342 g/mol. The number of ether oxygens (including phenoxy) is 1. The zero-order valence-electron chi connectivity index (χ0n) is 13.0. The van der Waals surface area contributed by atoms with E-state index in [9.17, 15) is 4.79 Å². The molecule has 126 valence electrons. The van der Waals surface area contributed by atoms with E-state index < -0.39 is 0 Å². The Bertz CT molecular complexity index is 323. The van der Waals surface area contributed by atoms with Crippen LogP contribution in [0.5, 0.6) is 0 Å². The lowest BCUT2D eigenvalue weighted by molar-refractivity contribution is -0.126. The van der Waals surface area contributed by atoms with Gasteiger partial charge in [-0.3, -0.25) is 9.69 Å². The fraction of sp³-hybridized carbons (Fsp3) is 0.929. The maximum absolute atomic E-state index is 12.2. The van der Waals surface area contributed by atoms with Crippen LogP contribution >= 0.6 is 24.8 Å². The molecule has 0 aromatic heterocycles. The largest absolute Gasteiger partial charge is 0.379 e. The molecule has 21 heavy (non-hydrogen) atoms. The fourth-order valence-electron chi connectivity index (χ4n) is 3.03. The first kappa shape index (κ1) is 20.9. The maximum Gasteiger partial charge on any atom is 0.224 e. The van der Waals surface area contributed by atoms with Crippen molar-refractivity contribution in [2.24, 2.45) is 11.7 Å². The topological polar surface area (TPSA) is 67.6 Å². The number of nitrogens with one attached hydrogen (secondary N) is 1. The Labute approximate surface area is 140 Å². The van der Waals surface area contributed by atoms with E-state index in [-0.39, 0.29) is 48.2 Å². The fourth-order valence-corrected chi connectivity index (χ4v) is 3.03. The van der Waals surface area contributed by atoms with E-state index in [1.807, 2.05) is 0 Å². The molecule has 2 rings (SSSR count). The van der Waals surface area contributed by atoms with Gasteiger partial charge in [0.25, 0.3) is 0 Å². The molecular formula is C14H29Cl2N3O2. The van der Waals surface area contributed by atoms with Crippen molar-refractivity contribution in [2.75, 3.05) is 32.8 Å². The number of amides is 1. The van der Waals surface area contributed by atoms with Gasteiger partial charge in [0.2, 0.25) is 5.91 Å². The minimum atomic E-state index is -0.0257. The molecule has 2 unspecified atom stereocenters. The smallest absolute Gasteiger partial charge is 0.224 e. The van der Waals surface area contributed by atoms with Crippen molar-refractivity contribution in [3.05, 3.63) is 0 Å². The first-order valence-corrected chi connectivity index (χ1v) is 7.37. The van der Waals surface area contributed by atoms with Crippen molar-refractivity contribution in [2.45, 2.75) is 44.7 Å². The Hall–Kier alpha value is -0.0700. The highest BCUT2D eigenvalue weighted by atomic mass is 35.5. The minimum Gasteiger partial charge on any atom is -0.379 e. The van der Waals surface area contributed by atoms with Crippen LogP contribution in [0.2, 0.25) is 0 Å². The standard InChI is InChI=1S/C14H27N3O2.2ClH/c1-14(2,17-6-8-19-9-7-17)10-16-13(18)11-4-3-5-12(11)15;;/h11-12H,3-10,15H2,1-2H3,(H,16,18);2*1H. The molecule has 7 heteroatoms. The molecular weight excluding hydrogens is 313 g/mol. The van der Waals surface area contributed by atoms with Crippen LogP contribution in [0.4, 0.5) is 0 Å². The molecule has 3 N–H and O–H groups in total. The van der Waals surface area contributed by atoms with Gasteiger partial charge in [0.05, 0.1) is 19.1 Å². The second-order valence-electron chi connectivity index (χ2n) is 6.33. The lowest BCUT2D eigenvalue weighted by Crippen LogP contribution is -2.56. The van der Waals surface area contributed by atoms with Crippen LogP contribution in [-0.2, 0) is 9.53 Å². The van der Waals surface area contributed by atoms with Gasteiger partial charge in [-0.15, -0.1) is 24.8 Å². The lowest BCUT2D eigenvalue weighted by Gasteiger charge is -2.41. The number of hydrogen-bond acceptors (Lipinski definition) is 4. The van der Waals surface area contributed by atoms with Gasteiger partial charge in [0.1, 0.15) is 0 Å². The van der Waals surface area contributed by atoms with Crippen LogP contribution in [0.15, 0.2) is 0 Å². The summed E-state index contributed by atoms with van der Waals surface area (Å²) in [7, 11) is 0. The Balaban J connectivity index is 0.00000200. The first-order chi connectivity index (χ1) is 9.00. The molecule has 0 aromatic rings. The van der Waals surface area contributed by atoms with Gasteiger partial charge in [-0.1, -0.05) is 6.42 Å². The number of hydrogen-bond donors (Lipinski definition) is 2. The summed E-state index contributed by atoms with van der Waals surface area (Å²) in [6.07, 6.45) is 2.99. The van der Waals surface area contributed by atoms with Gasteiger partial charge in [-0.2, -0.15) is 0 Å². The Morgan fingerprint density at radius 2 is 1.90 bits per heavy atom. The zero-order valence-corrected chi connectivity index (χ0v) is 14.6. The van der Waals surface area contributed by atoms with Crippen LogP contribution < -0.4 is 11.1 Å². The predicted molar refractivity (Wildman–Crippen MR) is 89.3 cm³/mol. The summed E-state index contributed by atoms with van der Waals surface area (Å²) in [6, 6.07) is 0.0477. The van der Waals surface area contributed by atoms with Crippen LogP contribution in [-0.4, -0.2) is 55.2 Å². The van der Waals surface area contributed by atoms with Crippen molar-refractivity contribution in [3.63, 3.8) is 0 Å². The summed E-state index contributed by atoms with van der Waals surface area (Å²) in [5.41, 5.74) is 5.95. The van der Waals surface area contributed by atoms with Gasteiger partial charge < -0.3 is 15.8 Å². The summed E-state index contributed by atoms with van der Waals surface area (Å²) in [6.45, 7) is 8.46. The number of nitrogens with zero attached hydrogens (tertiary/aromatic N) is 1. The number of rotatable bonds is 4. The summed E-state index contributed by atoms with van der Waals surface area (Å²) in [4.78, 5) is 14.5. The van der Waals surface area contributed by atoms with Crippen LogP contribution in [0.25, 0.3) is 0 Å². The molecule has 1 heterocycles. The third-order valence-electron chi connectivity index (χ3n) is 4.47. The molecule has 1 saturated carbocycles. The van der Waals surface area contributed by atoms with E-state index in [2.05, 4.69) is 24.1 Å². The van der Waals surface area contributed by atoms with Crippen molar-refractivity contribution >= 4 is 30.7 Å². The normalized spacial score (nSPS) is 26.6. The monoisotopic (exact) mass is 341 g/mol. The van der Waals surface area contributed by atoms with Crippen molar-refractivity contribution in [3.8, 4) is 0 Å². The van der Waals surface area contributed by atoms with Gasteiger partial charge in [0, 0.05) is 31.2 Å². The molecule has 0 radical (unpaired) electrons. The summed E-state index contributed by atoms with van der Waals surface area (Å²) in [5.74, 6) is 0.145. The highest BCUT2D eigenvalue weighted by molar-refractivity contribution is 5.85. The second-order valence-corrected chi connectivity index (χ2v) is 6.33. The van der Waals surface area contributed by atoms with Crippen molar-refractivity contribution in [1.82, 2.24) is 10.2 Å². The molecule has 2 atom stereocenters. The quantitative estimate of drug-likeness (QED) is 0.805. The molecule has 2 aliphatic rings. The summed E-state index contributed by atoms with van der Waals surface area (Å²) < 4.78 is 5.37. The molecule has 1 saturated heterocycles. The summed E-state index contributed by atoms with van der Waals surface area (Å²) in [5, 5.41) is 3.09. The third-order valence-corrected chi connectivity index (χ3v) is 4.47. The zero-order chi connectivity index (χ0) is 13.9. The van der Waals surface area contributed by atoms with Crippen LogP contribution in [0, 0.1) is 5.92 Å². The first-order valence-electron chi connectivity index (χ1n) is 7.37. The second kappa shape index (κ2) is 9.16. The molecule has 1 aliphatic heterocycles. The predicted octanol–water partition coefficient (Wildman–Crippen LogP) is 1.18. The van der Waals surface area contributed by atoms with Gasteiger partial charge in [0.15, 0.2) is 0 Å². The Morgan fingerprint density at radius 1 is 1.29 bits per heavy atom. The number of carbonyl (C=O) groups is 1. The molecule has 2 fully saturated rings. The van der Waals surface area contributed by atoms with E-state index in [4.69, 9.17) is 10.5 Å². The minimum absolute atomic E-state index is 0. The molecule has 1 aliphatic carbocycles. The lowest BCUT2D eigenvalue weighted by atomic mass is 10.00. The van der Waals surface area contributed by atoms with Crippen LogP contribution in [0.1, 0.15) is 33.1 Å². The number of carbonyl (C=O) groups excluding carboxylic acids is 1. The Morgan fingerprint density at radius 3 is 2.43 bits per heavy atom. The highest BCUT2D eigenvalue weighted by Gasteiger charge is 2.33. The van der Waals surface area contributed by atoms with Gasteiger partial charge in [-0.05, 0) is 26.7 Å². The molecule has 0 bridgehead atoms. The van der Waals surface area contributed by atoms with Gasteiger partial charge >= 0.3 is 0 Å². The number of nitrogens with two attached hydrogens (primary N) is 1. The number of halogens is 2. The molecule has 5 nitrogen and oxygen atoms in total. The SMILES string of the molecule is CC(C)(CNC(=O)C1CCCC1N)N1CCOCC1.Cl.Cl. The van der Waals surface area contributed by atoms with E-state index in [1.54, 1.807) is 0 Å². The van der Waals surface area contributed by atoms with Gasteiger partial charge in [-0.25, -0.2) is 0 Å². The van der Waals surface area contributed by atoms with Crippen LogP contribution in [0.3, 0.4) is 0 Å². The van der Waals surface area contributed by atoms with E-state index in [0.717, 1.165) is 45.6 Å². The highest BCUT2D eigenvalue weighted by Crippen LogP contribution is 2.24. The molecule has 1 amide bonds. The maximum atomic E-state index is 12.2.